The van der Waals surface area contributed by atoms with Gasteiger partial charge in [-0.3, -0.25) is 0 Å². The van der Waals surface area contributed by atoms with Gasteiger partial charge in [0.1, 0.15) is 0 Å². The predicted molar refractivity (Wildman–Crippen MR) is 73.3 cm³/mol. The second kappa shape index (κ2) is 8.26. The van der Waals surface area contributed by atoms with Gasteiger partial charge in [-0.1, -0.05) is 44.2 Å². The van der Waals surface area contributed by atoms with Gasteiger partial charge < -0.3 is 10.1 Å². The first-order valence-corrected chi connectivity index (χ1v) is 6.70. The molecule has 0 aliphatic carbocycles. The van der Waals surface area contributed by atoms with Crippen molar-refractivity contribution in [2.24, 2.45) is 0 Å². The zero-order valence-corrected chi connectivity index (χ0v) is 11.3. The average Bonchev–Trinajstić information content (AvgIpc) is 2.37. The highest BCUT2D eigenvalue weighted by molar-refractivity contribution is 5.16. The van der Waals surface area contributed by atoms with E-state index < -0.39 is 0 Å². The number of likely N-dealkylation sites (N-methyl/N-ethyl adjacent to an activating group) is 1. The van der Waals surface area contributed by atoms with Gasteiger partial charge in [0.25, 0.3) is 0 Å². The Balaban J connectivity index is 2.64. The molecule has 0 heterocycles. The van der Waals surface area contributed by atoms with Gasteiger partial charge in [0.2, 0.25) is 0 Å². The molecule has 0 fully saturated rings. The molecule has 0 bridgehead atoms. The first-order chi connectivity index (χ1) is 8.31. The highest BCUT2D eigenvalue weighted by Crippen LogP contribution is 2.11. The van der Waals surface area contributed by atoms with Crippen LogP contribution in [0.3, 0.4) is 0 Å². The van der Waals surface area contributed by atoms with Gasteiger partial charge in [-0.2, -0.15) is 0 Å². The zero-order chi connectivity index (χ0) is 12.5. The number of ether oxygens (including phenoxy) is 1. The van der Waals surface area contributed by atoms with E-state index in [9.17, 15) is 0 Å². The zero-order valence-electron chi connectivity index (χ0n) is 11.3. The predicted octanol–water partition coefficient (Wildman–Crippen LogP) is 3.02. The molecular weight excluding hydrogens is 210 g/mol. The summed E-state index contributed by atoms with van der Waals surface area (Å²) < 4.78 is 5.82. The first-order valence-electron chi connectivity index (χ1n) is 6.70. The van der Waals surface area contributed by atoms with Gasteiger partial charge in [-0.25, -0.2) is 0 Å². The third-order valence-electron chi connectivity index (χ3n) is 3.00. The van der Waals surface area contributed by atoms with Crippen molar-refractivity contribution in [3.05, 3.63) is 35.9 Å². The molecule has 0 aromatic heterocycles. The van der Waals surface area contributed by atoms with Crippen molar-refractivity contribution in [3.8, 4) is 0 Å². The number of hydrogen-bond acceptors (Lipinski definition) is 2. The molecule has 17 heavy (non-hydrogen) atoms. The molecule has 2 heteroatoms. The van der Waals surface area contributed by atoms with Crippen LogP contribution in [0.2, 0.25) is 0 Å². The van der Waals surface area contributed by atoms with Crippen LogP contribution in [0.5, 0.6) is 0 Å². The standard InChI is InChI=1S/C15H25NO/c1-4-15(17-6-3)14(16-5-2)12-13-10-8-7-9-11-13/h7-11,14-16H,4-6,12H2,1-3H3. The van der Waals surface area contributed by atoms with Gasteiger partial charge in [0.15, 0.2) is 0 Å². The average molecular weight is 235 g/mol. The van der Waals surface area contributed by atoms with Crippen LogP contribution in [-0.4, -0.2) is 25.3 Å². The maximum atomic E-state index is 5.82. The van der Waals surface area contributed by atoms with E-state index in [1.54, 1.807) is 0 Å². The summed E-state index contributed by atoms with van der Waals surface area (Å²) in [4.78, 5) is 0. The van der Waals surface area contributed by atoms with Crippen LogP contribution in [0.4, 0.5) is 0 Å². The summed E-state index contributed by atoms with van der Waals surface area (Å²) in [6.07, 6.45) is 2.39. The molecule has 0 aliphatic heterocycles. The topological polar surface area (TPSA) is 21.3 Å². The van der Waals surface area contributed by atoms with E-state index >= 15 is 0 Å². The Hall–Kier alpha value is -0.860. The van der Waals surface area contributed by atoms with Gasteiger partial charge in [-0.15, -0.1) is 0 Å². The van der Waals surface area contributed by atoms with E-state index in [2.05, 4.69) is 56.4 Å². The van der Waals surface area contributed by atoms with Crippen molar-refractivity contribution in [2.45, 2.75) is 45.8 Å². The molecule has 0 amide bonds. The SMILES string of the molecule is CCNC(Cc1ccccc1)C(CC)OCC. The smallest absolute Gasteiger partial charge is 0.0728 e. The fourth-order valence-electron chi connectivity index (χ4n) is 2.20. The molecule has 2 nitrogen and oxygen atoms in total. The van der Waals surface area contributed by atoms with Crippen LogP contribution >= 0.6 is 0 Å². The highest BCUT2D eigenvalue weighted by Gasteiger charge is 2.19. The van der Waals surface area contributed by atoms with Gasteiger partial charge >= 0.3 is 0 Å². The highest BCUT2D eigenvalue weighted by atomic mass is 16.5. The number of nitrogens with one attached hydrogen (secondary N) is 1. The summed E-state index contributed by atoms with van der Waals surface area (Å²) in [5.74, 6) is 0. The summed E-state index contributed by atoms with van der Waals surface area (Å²) in [6.45, 7) is 8.18. The van der Waals surface area contributed by atoms with Crippen LogP contribution in [0, 0.1) is 0 Å². The summed E-state index contributed by atoms with van der Waals surface area (Å²) >= 11 is 0. The molecule has 0 saturated heterocycles. The van der Waals surface area contributed by atoms with Crippen LogP contribution in [0.15, 0.2) is 30.3 Å². The normalized spacial score (nSPS) is 14.5. The van der Waals surface area contributed by atoms with Crippen molar-refractivity contribution in [3.63, 3.8) is 0 Å². The minimum atomic E-state index is 0.306. The minimum absolute atomic E-state index is 0.306. The van der Waals surface area contributed by atoms with Crippen molar-refractivity contribution in [1.29, 1.82) is 0 Å². The molecule has 1 aromatic rings. The lowest BCUT2D eigenvalue weighted by molar-refractivity contribution is 0.0323. The lowest BCUT2D eigenvalue weighted by Crippen LogP contribution is -2.42. The van der Waals surface area contributed by atoms with Crippen molar-refractivity contribution < 1.29 is 4.74 Å². The Labute approximate surface area is 105 Å². The first kappa shape index (κ1) is 14.2. The number of benzene rings is 1. The second-order valence-electron chi connectivity index (χ2n) is 4.26. The molecule has 0 saturated carbocycles. The maximum absolute atomic E-state index is 5.82. The molecule has 1 aromatic carbocycles. The lowest BCUT2D eigenvalue weighted by atomic mass is 9.99. The Morgan fingerprint density at radius 2 is 1.82 bits per heavy atom. The third kappa shape index (κ3) is 4.88. The Morgan fingerprint density at radius 3 is 2.35 bits per heavy atom. The number of hydrogen-bond donors (Lipinski definition) is 1. The summed E-state index contributed by atoms with van der Waals surface area (Å²) in [7, 11) is 0. The van der Waals surface area contributed by atoms with E-state index in [4.69, 9.17) is 4.74 Å². The molecule has 0 spiro atoms. The molecule has 96 valence electrons. The quantitative estimate of drug-likeness (QED) is 0.748. The van der Waals surface area contributed by atoms with Crippen LogP contribution in [0.25, 0.3) is 0 Å². The molecule has 1 N–H and O–H groups in total. The maximum Gasteiger partial charge on any atom is 0.0728 e. The van der Waals surface area contributed by atoms with Crippen molar-refractivity contribution in [2.75, 3.05) is 13.2 Å². The van der Waals surface area contributed by atoms with E-state index in [0.29, 0.717) is 12.1 Å². The Bertz CT molecular complexity index is 286. The van der Waals surface area contributed by atoms with Crippen molar-refractivity contribution in [1.82, 2.24) is 5.32 Å². The molecule has 2 unspecified atom stereocenters. The van der Waals surface area contributed by atoms with Crippen LogP contribution in [-0.2, 0) is 11.2 Å². The summed E-state index contributed by atoms with van der Waals surface area (Å²) in [5.41, 5.74) is 1.37. The van der Waals surface area contributed by atoms with Crippen LogP contribution < -0.4 is 5.32 Å². The molecule has 1 rings (SSSR count). The molecule has 0 aliphatic rings. The second-order valence-corrected chi connectivity index (χ2v) is 4.26. The summed E-state index contributed by atoms with van der Waals surface area (Å²) in [5, 5.41) is 3.54. The Morgan fingerprint density at radius 1 is 1.12 bits per heavy atom. The molecular formula is C15H25NO. The van der Waals surface area contributed by atoms with Gasteiger partial charge in [-0.05, 0) is 31.9 Å². The third-order valence-corrected chi connectivity index (χ3v) is 3.00. The van der Waals surface area contributed by atoms with E-state index in [1.807, 2.05) is 0 Å². The van der Waals surface area contributed by atoms with Gasteiger partial charge in [0, 0.05) is 12.6 Å². The fraction of sp³-hybridized carbons (Fsp3) is 0.600. The molecule has 2 atom stereocenters. The van der Waals surface area contributed by atoms with Crippen LogP contribution in [0.1, 0.15) is 32.8 Å². The number of rotatable bonds is 8. The minimum Gasteiger partial charge on any atom is -0.377 e. The van der Waals surface area contributed by atoms with E-state index in [-0.39, 0.29) is 0 Å². The van der Waals surface area contributed by atoms with Crippen molar-refractivity contribution >= 4 is 0 Å². The fourth-order valence-corrected chi connectivity index (χ4v) is 2.20. The largest absolute Gasteiger partial charge is 0.377 e. The Kier molecular flexibility index (Phi) is 6.90. The monoisotopic (exact) mass is 235 g/mol. The van der Waals surface area contributed by atoms with Gasteiger partial charge in [0.05, 0.1) is 6.10 Å². The molecule has 0 radical (unpaired) electrons. The lowest BCUT2D eigenvalue weighted by Gasteiger charge is -2.27. The summed E-state index contributed by atoms with van der Waals surface area (Å²) in [6, 6.07) is 11.0. The van der Waals surface area contributed by atoms with E-state index in [1.165, 1.54) is 5.56 Å². The van der Waals surface area contributed by atoms with E-state index in [0.717, 1.165) is 26.0 Å².